The van der Waals surface area contributed by atoms with Crippen molar-refractivity contribution in [3.63, 3.8) is 0 Å². The van der Waals surface area contributed by atoms with Crippen molar-refractivity contribution in [1.29, 1.82) is 0 Å². The summed E-state index contributed by atoms with van der Waals surface area (Å²) in [4.78, 5) is 0. The predicted octanol–water partition coefficient (Wildman–Crippen LogP) is 2.14. The van der Waals surface area contributed by atoms with Crippen LogP contribution in [-0.4, -0.2) is 18.6 Å². The monoisotopic (exact) mass is 198 g/mol. The van der Waals surface area contributed by atoms with Crippen molar-refractivity contribution in [2.45, 2.75) is 59.0 Å². The van der Waals surface area contributed by atoms with Crippen molar-refractivity contribution in [3.05, 3.63) is 0 Å². The van der Waals surface area contributed by atoms with E-state index in [-0.39, 0.29) is 0 Å². The predicted molar refractivity (Wildman–Crippen MR) is 62.2 cm³/mol. The van der Waals surface area contributed by atoms with Gasteiger partial charge in [-0.15, -0.1) is 0 Å². The molecule has 3 N–H and O–H groups in total. The molecule has 1 saturated carbocycles. The SMILES string of the molecule is CC(N)C(C)CNC1CCC(C)(C)C1. The lowest BCUT2D eigenvalue weighted by Crippen LogP contribution is -2.37. The summed E-state index contributed by atoms with van der Waals surface area (Å²) < 4.78 is 0. The highest BCUT2D eigenvalue weighted by atomic mass is 14.9. The molecule has 1 fully saturated rings. The molecular formula is C12H26N2. The lowest BCUT2D eigenvalue weighted by Gasteiger charge is -2.21. The van der Waals surface area contributed by atoms with Gasteiger partial charge in [-0.2, -0.15) is 0 Å². The Morgan fingerprint density at radius 2 is 2.07 bits per heavy atom. The van der Waals surface area contributed by atoms with Crippen LogP contribution in [-0.2, 0) is 0 Å². The number of hydrogen-bond donors (Lipinski definition) is 2. The normalized spacial score (nSPS) is 30.2. The van der Waals surface area contributed by atoms with Crippen molar-refractivity contribution >= 4 is 0 Å². The van der Waals surface area contributed by atoms with E-state index in [4.69, 9.17) is 5.73 Å². The Kier molecular flexibility index (Phi) is 3.96. The van der Waals surface area contributed by atoms with E-state index in [0.717, 1.165) is 12.6 Å². The molecule has 3 atom stereocenters. The molecule has 0 spiro atoms. The first kappa shape index (κ1) is 12.0. The highest BCUT2D eigenvalue weighted by Gasteiger charge is 2.30. The van der Waals surface area contributed by atoms with Gasteiger partial charge in [0.2, 0.25) is 0 Å². The van der Waals surface area contributed by atoms with Gasteiger partial charge in [-0.3, -0.25) is 0 Å². The maximum atomic E-state index is 5.83. The quantitative estimate of drug-likeness (QED) is 0.726. The van der Waals surface area contributed by atoms with E-state index < -0.39 is 0 Å². The van der Waals surface area contributed by atoms with Crippen LogP contribution in [0.5, 0.6) is 0 Å². The maximum Gasteiger partial charge on any atom is 0.00724 e. The van der Waals surface area contributed by atoms with Crippen LogP contribution in [0.4, 0.5) is 0 Å². The Hall–Kier alpha value is -0.0800. The number of hydrogen-bond acceptors (Lipinski definition) is 2. The molecule has 0 bridgehead atoms. The van der Waals surface area contributed by atoms with Gasteiger partial charge in [0.1, 0.15) is 0 Å². The first-order chi connectivity index (χ1) is 6.41. The minimum atomic E-state index is 0.303. The smallest absolute Gasteiger partial charge is 0.00724 e. The molecule has 0 radical (unpaired) electrons. The summed E-state index contributed by atoms with van der Waals surface area (Å²) in [5, 5.41) is 3.64. The highest BCUT2D eigenvalue weighted by molar-refractivity contribution is 4.86. The second kappa shape index (κ2) is 4.63. The van der Waals surface area contributed by atoms with Gasteiger partial charge in [-0.1, -0.05) is 20.8 Å². The third-order valence-electron chi connectivity index (χ3n) is 3.59. The van der Waals surface area contributed by atoms with E-state index in [9.17, 15) is 0 Å². The Balaban J connectivity index is 2.21. The standard InChI is InChI=1S/C12H26N2/c1-9(10(2)13)8-14-11-5-6-12(3,4)7-11/h9-11,14H,5-8,13H2,1-4H3. The Morgan fingerprint density at radius 1 is 1.43 bits per heavy atom. The zero-order valence-electron chi connectivity index (χ0n) is 10.1. The van der Waals surface area contributed by atoms with Gasteiger partial charge >= 0.3 is 0 Å². The summed E-state index contributed by atoms with van der Waals surface area (Å²) in [5.74, 6) is 0.582. The molecule has 0 heterocycles. The van der Waals surface area contributed by atoms with Crippen LogP contribution >= 0.6 is 0 Å². The third kappa shape index (κ3) is 3.58. The highest BCUT2D eigenvalue weighted by Crippen LogP contribution is 2.36. The minimum Gasteiger partial charge on any atom is -0.328 e. The summed E-state index contributed by atoms with van der Waals surface area (Å²) in [6, 6.07) is 1.03. The molecule has 1 aliphatic carbocycles. The van der Waals surface area contributed by atoms with Crippen LogP contribution in [0.15, 0.2) is 0 Å². The van der Waals surface area contributed by atoms with Crippen molar-refractivity contribution in [2.75, 3.05) is 6.54 Å². The van der Waals surface area contributed by atoms with Gasteiger partial charge in [0.15, 0.2) is 0 Å². The Labute approximate surface area is 88.6 Å². The van der Waals surface area contributed by atoms with Crippen LogP contribution in [0.25, 0.3) is 0 Å². The zero-order valence-corrected chi connectivity index (χ0v) is 10.1. The van der Waals surface area contributed by atoms with Crippen molar-refractivity contribution < 1.29 is 0 Å². The van der Waals surface area contributed by atoms with Gasteiger partial charge in [-0.25, -0.2) is 0 Å². The molecule has 0 aromatic rings. The molecule has 1 rings (SSSR count). The van der Waals surface area contributed by atoms with Gasteiger partial charge in [-0.05, 0) is 44.1 Å². The van der Waals surface area contributed by atoms with Crippen molar-refractivity contribution in [1.82, 2.24) is 5.32 Å². The summed E-state index contributed by atoms with van der Waals surface area (Å²) in [6.45, 7) is 10.1. The molecule has 0 saturated heterocycles. The number of nitrogens with one attached hydrogen (secondary N) is 1. The van der Waals surface area contributed by atoms with Gasteiger partial charge in [0, 0.05) is 12.1 Å². The first-order valence-electron chi connectivity index (χ1n) is 5.90. The fraction of sp³-hybridized carbons (Fsp3) is 1.00. The molecule has 0 aromatic heterocycles. The zero-order chi connectivity index (χ0) is 10.8. The lowest BCUT2D eigenvalue weighted by molar-refractivity contribution is 0.352. The first-order valence-corrected chi connectivity index (χ1v) is 5.90. The van der Waals surface area contributed by atoms with Crippen molar-refractivity contribution in [2.24, 2.45) is 17.1 Å². The van der Waals surface area contributed by atoms with E-state index in [2.05, 4.69) is 33.0 Å². The average molecular weight is 198 g/mol. The molecule has 2 nitrogen and oxygen atoms in total. The van der Waals surface area contributed by atoms with E-state index in [1.165, 1.54) is 19.3 Å². The van der Waals surface area contributed by atoms with Crippen LogP contribution in [0.3, 0.4) is 0 Å². The molecule has 0 amide bonds. The molecule has 14 heavy (non-hydrogen) atoms. The van der Waals surface area contributed by atoms with Crippen LogP contribution in [0.2, 0.25) is 0 Å². The third-order valence-corrected chi connectivity index (χ3v) is 3.59. The minimum absolute atomic E-state index is 0.303. The molecule has 3 unspecified atom stereocenters. The Morgan fingerprint density at radius 3 is 2.50 bits per heavy atom. The van der Waals surface area contributed by atoms with E-state index in [1.807, 2.05) is 0 Å². The topological polar surface area (TPSA) is 38.0 Å². The molecule has 1 aliphatic rings. The second-order valence-corrected chi connectivity index (χ2v) is 5.85. The lowest BCUT2D eigenvalue weighted by atomic mass is 9.92. The van der Waals surface area contributed by atoms with Gasteiger partial charge < -0.3 is 11.1 Å². The summed E-state index contributed by atoms with van der Waals surface area (Å²) in [7, 11) is 0. The second-order valence-electron chi connectivity index (χ2n) is 5.85. The number of rotatable bonds is 4. The summed E-state index contributed by atoms with van der Waals surface area (Å²) >= 11 is 0. The van der Waals surface area contributed by atoms with E-state index in [1.54, 1.807) is 0 Å². The van der Waals surface area contributed by atoms with Crippen LogP contribution < -0.4 is 11.1 Å². The fourth-order valence-corrected chi connectivity index (χ4v) is 2.15. The van der Waals surface area contributed by atoms with Crippen LogP contribution in [0, 0.1) is 11.3 Å². The van der Waals surface area contributed by atoms with Crippen molar-refractivity contribution in [3.8, 4) is 0 Å². The fourth-order valence-electron chi connectivity index (χ4n) is 2.15. The molecule has 84 valence electrons. The van der Waals surface area contributed by atoms with E-state index >= 15 is 0 Å². The van der Waals surface area contributed by atoms with E-state index in [0.29, 0.717) is 17.4 Å². The maximum absolute atomic E-state index is 5.83. The van der Waals surface area contributed by atoms with Crippen LogP contribution in [0.1, 0.15) is 47.0 Å². The largest absolute Gasteiger partial charge is 0.328 e. The molecule has 0 aliphatic heterocycles. The number of nitrogens with two attached hydrogens (primary N) is 1. The van der Waals surface area contributed by atoms with Gasteiger partial charge in [0.05, 0.1) is 0 Å². The molecule has 0 aromatic carbocycles. The average Bonchev–Trinajstić information content (AvgIpc) is 2.41. The summed E-state index contributed by atoms with van der Waals surface area (Å²) in [5.41, 5.74) is 6.38. The Bertz CT molecular complexity index is 175. The summed E-state index contributed by atoms with van der Waals surface area (Å²) in [6.07, 6.45) is 4.01. The van der Waals surface area contributed by atoms with Gasteiger partial charge in [0.25, 0.3) is 0 Å². The molecular weight excluding hydrogens is 172 g/mol. The molecule has 2 heteroatoms.